The molecule has 1 amide bonds. The fourth-order valence-electron chi connectivity index (χ4n) is 2.58. The lowest BCUT2D eigenvalue weighted by Gasteiger charge is -2.37. The van der Waals surface area contributed by atoms with E-state index in [1.54, 1.807) is 4.90 Å². The van der Waals surface area contributed by atoms with Crippen molar-refractivity contribution in [1.29, 1.82) is 0 Å². The number of aliphatic hydroxyl groups excluding tert-OH is 1. The third kappa shape index (κ3) is 3.87. The van der Waals surface area contributed by atoms with E-state index in [1.807, 2.05) is 27.7 Å². The molecule has 0 aliphatic heterocycles. The predicted molar refractivity (Wildman–Crippen MR) is 71.4 cm³/mol. The van der Waals surface area contributed by atoms with Gasteiger partial charge in [0.2, 0.25) is 0 Å². The number of rotatable bonds is 3. The number of ether oxygens (including phenoxy) is 1. The topological polar surface area (TPSA) is 49.8 Å². The summed E-state index contributed by atoms with van der Waals surface area (Å²) < 4.78 is 5.46. The number of aliphatic hydroxyl groups is 1. The van der Waals surface area contributed by atoms with Crippen molar-refractivity contribution in [2.24, 2.45) is 5.92 Å². The highest BCUT2D eigenvalue weighted by atomic mass is 16.6. The molecule has 3 unspecified atom stereocenters. The van der Waals surface area contributed by atoms with Crippen LogP contribution in [-0.2, 0) is 4.74 Å². The summed E-state index contributed by atoms with van der Waals surface area (Å²) >= 11 is 0. The summed E-state index contributed by atoms with van der Waals surface area (Å²) in [7, 11) is 0. The summed E-state index contributed by atoms with van der Waals surface area (Å²) in [6.45, 7) is 9.61. The zero-order valence-electron chi connectivity index (χ0n) is 12.3. The predicted octanol–water partition coefficient (Wildman–Crippen LogP) is 2.79. The fraction of sp³-hybridized carbons (Fsp3) is 0.929. The Morgan fingerprint density at radius 3 is 2.44 bits per heavy atom. The number of hydrogen-bond acceptors (Lipinski definition) is 3. The zero-order chi connectivity index (χ0) is 13.9. The van der Waals surface area contributed by atoms with E-state index < -0.39 is 5.60 Å². The second-order valence-corrected chi connectivity index (χ2v) is 6.39. The van der Waals surface area contributed by atoms with Gasteiger partial charge in [0.1, 0.15) is 5.60 Å². The van der Waals surface area contributed by atoms with Crippen molar-refractivity contribution in [3.63, 3.8) is 0 Å². The number of amides is 1. The summed E-state index contributed by atoms with van der Waals surface area (Å²) in [6.07, 6.45) is 2.98. The number of hydrogen-bond donors (Lipinski definition) is 1. The molecule has 0 spiro atoms. The van der Waals surface area contributed by atoms with Crippen molar-refractivity contribution in [1.82, 2.24) is 4.90 Å². The molecule has 3 atom stereocenters. The van der Waals surface area contributed by atoms with Crippen molar-refractivity contribution < 1.29 is 14.6 Å². The molecule has 1 rings (SSSR count). The maximum absolute atomic E-state index is 12.3. The monoisotopic (exact) mass is 257 g/mol. The van der Waals surface area contributed by atoms with Crippen LogP contribution in [0.25, 0.3) is 0 Å². The van der Waals surface area contributed by atoms with E-state index in [-0.39, 0.29) is 24.8 Å². The largest absolute Gasteiger partial charge is 0.444 e. The lowest BCUT2D eigenvalue weighted by Crippen LogP contribution is -2.50. The van der Waals surface area contributed by atoms with Gasteiger partial charge in [-0.2, -0.15) is 0 Å². The fourth-order valence-corrected chi connectivity index (χ4v) is 2.58. The van der Waals surface area contributed by atoms with Crippen molar-refractivity contribution >= 4 is 6.09 Å². The summed E-state index contributed by atoms with van der Waals surface area (Å²) in [6, 6.07) is 0.00685. The summed E-state index contributed by atoms with van der Waals surface area (Å²) in [5.74, 6) is 0.478. The Hall–Kier alpha value is -0.770. The average molecular weight is 257 g/mol. The molecule has 0 radical (unpaired) electrons. The normalized spacial score (nSPS) is 25.9. The second-order valence-electron chi connectivity index (χ2n) is 6.39. The summed E-state index contributed by atoms with van der Waals surface area (Å²) in [5.41, 5.74) is -0.494. The van der Waals surface area contributed by atoms with Crippen LogP contribution in [0.15, 0.2) is 0 Å². The van der Waals surface area contributed by atoms with Crippen LogP contribution in [0.1, 0.15) is 53.9 Å². The van der Waals surface area contributed by atoms with E-state index in [0.29, 0.717) is 5.92 Å². The van der Waals surface area contributed by atoms with Crippen molar-refractivity contribution in [3.8, 4) is 0 Å². The smallest absolute Gasteiger partial charge is 0.410 e. The SMILES string of the molecule is CC1CCCC1N(C(=O)OC(C)(C)C)C(C)CO. The molecule has 0 aromatic heterocycles. The molecule has 4 heteroatoms. The van der Waals surface area contributed by atoms with E-state index in [0.717, 1.165) is 19.3 Å². The highest BCUT2D eigenvalue weighted by molar-refractivity contribution is 5.69. The molecular formula is C14H27NO3. The highest BCUT2D eigenvalue weighted by Crippen LogP contribution is 2.31. The minimum absolute atomic E-state index is 0.0253. The third-order valence-electron chi connectivity index (χ3n) is 3.52. The van der Waals surface area contributed by atoms with Gasteiger partial charge in [-0.1, -0.05) is 13.3 Å². The van der Waals surface area contributed by atoms with E-state index in [1.165, 1.54) is 0 Å². The maximum Gasteiger partial charge on any atom is 0.410 e. The molecule has 1 fully saturated rings. The van der Waals surface area contributed by atoms with Gasteiger partial charge >= 0.3 is 6.09 Å². The Morgan fingerprint density at radius 2 is 2.06 bits per heavy atom. The molecule has 1 aliphatic carbocycles. The van der Waals surface area contributed by atoms with Gasteiger partial charge in [-0.25, -0.2) is 4.79 Å². The second kappa shape index (κ2) is 5.91. The standard InChI is InChI=1S/C14H27NO3/c1-10-7-6-8-12(10)15(11(2)9-16)13(17)18-14(3,4)5/h10-12,16H,6-9H2,1-5H3. The van der Waals surface area contributed by atoms with Crippen LogP contribution in [0.4, 0.5) is 4.79 Å². The Labute approximate surface area is 110 Å². The molecular weight excluding hydrogens is 230 g/mol. The van der Waals surface area contributed by atoms with Crippen LogP contribution in [0.3, 0.4) is 0 Å². The van der Waals surface area contributed by atoms with Gasteiger partial charge in [0.15, 0.2) is 0 Å². The molecule has 1 N–H and O–H groups in total. The van der Waals surface area contributed by atoms with Crippen molar-refractivity contribution in [3.05, 3.63) is 0 Å². The van der Waals surface area contributed by atoms with E-state index in [2.05, 4.69) is 6.92 Å². The molecule has 1 saturated carbocycles. The molecule has 0 aromatic carbocycles. The first kappa shape index (κ1) is 15.3. The molecule has 0 heterocycles. The summed E-state index contributed by atoms with van der Waals surface area (Å²) in [5, 5.41) is 9.35. The number of carbonyl (C=O) groups is 1. The Morgan fingerprint density at radius 1 is 1.44 bits per heavy atom. The van der Waals surface area contributed by atoms with Gasteiger partial charge in [0.05, 0.1) is 12.6 Å². The van der Waals surface area contributed by atoms with E-state index in [9.17, 15) is 9.90 Å². The Balaban J connectivity index is 2.81. The van der Waals surface area contributed by atoms with Crippen LogP contribution in [-0.4, -0.2) is 40.4 Å². The highest BCUT2D eigenvalue weighted by Gasteiger charge is 2.36. The lowest BCUT2D eigenvalue weighted by atomic mass is 10.0. The molecule has 0 aromatic rings. The molecule has 106 valence electrons. The van der Waals surface area contributed by atoms with E-state index >= 15 is 0 Å². The van der Waals surface area contributed by atoms with Crippen molar-refractivity contribution in [2.75, 3.05) is 6.61 Å². The van der Waals surface area contributed by atoms with Gasteiger partial charge < -0.3 is 9.84 Å². The molecule has 4 nitrogen and oxygen atoms in total. The molecule has 1 aliphatic rings. The van der Waals surface area contributed by atoms with Gasteiger partial charge in [-0.3, -0.25) is 4.90 Å². The number of carbonyl (C=O) groups excluding carboxylic acids is 1. The van der Waals surface area contributed by atoms with Gasteiger partial charge in [-0.15, -0.1) is 0 Å². The minimum Gasteiger partial charge on any atom is -0.444 e. The van der Waals surface area contributed by atoms with Gasteiger partial charge in [-0.05, 0) is 46.5 Å². The number of nitrogens with zero attached hydrogens (tertiary/aromatic N) is 1. The van der Waals surface area contributed by atoms with Crippen LogP contribution >= 0.6 is 0 Å². The molecule has 18 heavy (non-hydrogen) atoms. The van der Waals surface area contributed by atoms with Crippen LogP contribution in [0, 0.1) is 5.92 Å². The third-order valence-corrected chi connectivity index (χ3v) is 3.52. The van der Waals surface area contributed by atoms with Crippen LogP contribution < -0.4 is 0 Å². The minimum atomic E-state index is -0.494. The first-order chi connectivity index (χ1) is 8.26. The van der Waals surface area contributed by atoms with Crippen LogP contribution in [0.5, 0.6) is 0 Å². The van der Waals surface area contributed by atoms with Gasteiger partial charge in [0.25, 0.3) is 0 Å². The molecule has 0 bridgehead atoms. The van der Waals surface area contributed by atoms with Crippen molar-refractivity contribution in [2.45, 2.75) is 71.6 Å². The lowest BCUT2D eigenvalue weighted by molar-refractivity contribution is -0.00454. The van der Waals surface area contributed by atoms with E-state index in [4.69, 9.17) is 4.74 Å². The quantitative estimate of drug-likeness (QED) is 0.845. The average Bonchev–Trinajstić information content (AvgIpc) is 2.62. The first-order valence-corrected chi connectivity index (χ1v) is 6.88. The molecule has 0 saturated heterocycles. The summed E-state index contributed by atoms with van der Waals surface area (Å²) in [4.78, 5) is 14.0. The Kier molecular flexibility index (Phi) is 5.02. The zero-order valence-corrected chi connectivity index (χ0v) is 12.3. The van der Waals surface area contributed by atoms with Crippen LogP contribution in [0.2, 0.25) is 0 Å². The Bertz CT molecular complexity index is 285. The first-order valence-electron chi connectivity index (χ1n) is 6.88. The maximum atomic E-state index is 12.3. The van der Waals surface area contributed by atoms with Gasteiger partial charge in [0, 0.05) is 6.04 Å².